The van der Waals surface area contributed by atoms with Gasteiger partial charge in [-0.1, -0.05) is 19.1 Å². The van der Waals surface area contributed by atoms with Crippen molar-refractivity contribution in [2.75, 3.05) is 58.5 Å². The fourth-order valence-corrected chi connectivity index (χ4v) is 11.0. The third-order valence-corrected chi connectivity index (χ3v) is 14.4. The van der Waals surface area contributed by atoms with Gasteiger partial charge in [0.15, 0.2) is 30.4 Å². The number of hydrogen-bond acceptors (Lipinski definition) is 17. The predicted molar refractivity (Wildman–Crippen MR) is 226 cm³/mol. The van der Waals surface area contributed by atoms with Crippen molar-refractivity contribution in [2.45, 2.75) is 108 Å². The predicted octanol–water partition coefficient (Wildman–Crippen LogP) is 2.18. The second-order valence-electron chi connectivity index (χ2n) is 17.2. The molecule has 4 fully saturated rings. The Bertz CT molecular complexity index is 2210. The number of rotatable bonds is 14. The summed E-state index contributed by atoms with van der Waals surface area (Å²) in [7, 11) is 2.87. The summed E-state index contributed by atoms with van der Waals surface area (Å²) in [5.41, 5.74) is -3.76. The lowest BCUT2D eigenvalue weighted by atomic mass is 9.72. The van der Waals surface area contributed by atoms with Crippen molar-refractivity contribution >= 4 is 46.7 Å². The molecule has 0 saturated carbocycles. The third kappa shape index (κ3) is 8.45. The Hall–Kier alpha value is -4.47. The Morgan fingerprint density at radius 2 is 1.75 bits per heavy atom. The van der Waals surface area contributed by atoms with E-state index in [4.69, 9.17) is 28.4 Å². The second kappa shape index (κ2) is 18.8. The number of nitrogens with zero attached hydrogens (tertiary/aromatic N) is 2. The molecule has 346 valence electrons. The average molecular weight is 910 g/mol. The molecule has 2 aliphatic carbocycles. The number of aromatic hydroxyl groups is 2. The highest BCUT2D eigenvalue weighted by molar-refractivity contribution is 7.99. The molecule has 18 nitrogen and oxygen atoms in total. The van der Waals surface area contributed by atoms with Crippen LogP contribution in [0.4, 0.5) is 0 Å². The van der Waals surface area contributed by atoms with Crippen LogP contribution in [0.1, 0.15) is 101 Å². The third-order valence-electron chi connectivity index (χ3n) is 13.5. The van der Waals surface area contributed by atoms with Gasteiger partial charge in [-0.3, -0.25) is 33.7 Å². The maximum atomic E-state index is 14.2. The highest BCUT2D eigenvalue weighted by Gasteiger charge is 2.55. The summed E-state index contributed by atoms with van der Waals surface area (Å²) in [4.78, 5) is 83.9. The molecule has 6 aliphatic rings. The Kier molecular flexibility index (Phi) is 13.5. The minimum absolute atomic E-state index is 0.00950. The van der Waals surface area contributed by atoms with E-state index >= 15 is 0 Å². The first-order chi connectivity index (χ1) is 30.7. The van der Waals surface area contributed by atoms with Crippen LogP contribution >= 0.6 is 11.8 Å². The number of ketones is 4. The van der Waals surface area contributed by atoms with Crippen LogP contribution in [0, 0.1) is 5.92 Å². The Morgan fingerprint density at radius 3 is 2.47 bits per heavy atom. The first-order valence-corrected chi connectivity index (χ1v) is 23.0. The molecule has 0 aromatic heterocycles. The zero-order valence-corrected chi connectivity index (χ0v) is 37.1. The van der Waals surface area contributed by atoms with Crippen molar-refractivity contribution in [3.63, 3.8) is 0 Å². The molecule has 4 saturated heterocycles. The van der Waals surface area contributed by atoms with Crippen molar-refractivity contribution in [3.05, 3.63) is 51.6 Å². The molecular weight excluding hydrogens is 855 g/mol. The molecule has 8 rings (SSSR count). The van der Waals surface area contributed by atoms with Crippen LogP contribution < -0.4 is 10.1 Å². The monoisotopic (exact) mass is 909 g/mol. The lowest BCUT2D eigenvalue weighted by Crippen LogP contribution is -2.55. The van der Waals surface area contributed by atoms with Gasteiger partial charge in [-0.2, -0.15) is 11.8 Å². The van der Waals surface area contributed by atoms with Crippen molar-refractivity contribution < 1.29 is 72.5 Å². The number of phenolic OH excluding ortho intramolecular Hbond substituents is 2. The topological polar surface area (TPSA) is 237 Å². The van der Waals surface area contributed by atoms with Crippen LogP contribution in [0.25, 0.3) is 0 Å². The van der Waals surface area contributed by atoms with Gasteiger partial charge in [0.25, 0.3) is 5.91 Å². The van der Waals surface area contributed by atoms with Crippen LogP contribution in [0.15, 0.2) is 18.2 Å². The molecule has 2 aromatic carbocycles. The van der Waals surface area contributed by atoms with Gasteiger partial charge in [-0.25, -0.2) is 0 Å². The van der Waals surface area contributed by atoms with Crippen LogP contribution in [0.2, 0.25) is 0 Å². The van der Waals surface area contributed by atoms with E-state index in [1.54, 1.807) is 4.90 Å². The molecule has 0 spiro atoms. The van der Waals surface area contributed by atoms with Gasteiger partial charge in [0.1, 0.15) is 34.7 Å². The summed E-state index contributed by atoms with van der Waals surface area (Å²) in [6.45, 7) is 5.17. The lowest BCUT2D eigenvalue weighted by molar-refractivity contribution is -0.256. The Balaban J connectivity index is 0.997. The molecule has 4 N–H and O–H groups in total. The summed E-state index contributed by atoms with van der Waals surface area (Å²) >= 11 is 1.29. The van der Waals surface area contributed by atoms with Crippen LogP contribution in [-0.2, 0) is 49.3 Å². The number of thioether (sulfide) groups is 1. The fraction of sp³-hybridized carbons (Fsp3) is 0.600. The number of ether oxygens (including phenoxy) is 6. The lowest BCUT2D eigenvalue weighted by Gasteiger charge is -2.43. The molecule has 0 radical (unpaired) electrons. The average Bonchev–Trinajstić information content (AvgIpc) is 3.68. The fourth-order valence-electron chi connectivity index (χ4n) is 10.1. The summed E-state index contributed by atoms with van der Waals surface area (Å²) < 4.78 is 35.9. The van der Waals surface area contributed by atoms with E-state index in [1.807, 2.05) is 13.8 Å². The van der Waals surface area contributed by atoms with Gasteiger partial charge in [-0.15, -0.1) is 0 Å². The molecule has 8 atom stereocenters. The van der Waals surface area contributed by atoms with Gasteiger partial charge in [0.05, 0.1) is 54.9 Å². The Labute approximate surface area is 374 Å². The number of carbonyl (C=O) groups excluding carboxylic acids is 6. The van der Waals surface area contributed by atoms with E-state index in [9.17, 15) is 44.1 Å². The van der Waals surface area contributed by atoms with E-state index in [-0.39, 0.29) is 82.1 Å². The maximum Gasteiger partial charge on any atom is 0.252 e. The first-order valence-electron chi connectivity index (χ1n) is 21.8. The van der Waals surface area contributed by atoms with Crippen LogP contribution in [0.5, 0.6) is 17.2 Å². The van der Waals surface area contributed by atoms with Gasteiger partial charge in [0.2, 0.25) is 11.7 Å². The highest BCUT2D eigenvalue weighted by atomic mass is 32.2. The number of morpholine rings is 1. The zero-order chi connectivity index (χ0) is 45.6. The summed E-state index contributed by atoms with van der Waals surface area (Å²) in [5, 5.41) is 38.7. The summed E-state index contributed by atoms with van der Waals surface area (Å²) in [5.74, 6) is -3.54. The number of hydrogen-bond donors (Lipinski definition) is 4. The molecule has 2 amide bonds. The molecule has 0 unspecified atom stereocenters. The van der Waals surface area contributed by atoms with E-state index in [0.717, 1.165) is 0 Å². The normalized spacial score (nSPS) is 29.0. The number of piperidine rings is 1. The van der Waals surface area contributed by atoms with E-state index < -0.39 is 96.1 Å². The van der Waals surface area contributed by atoms with Gasteiger partial charge >= 0.3 is 0 Å². The van der Waals surface area contributed by atoms with E-state index in [2.05, 4.69) is 10.2 Å². The van der Waals surface area contributed by atoms with Gasteiger partial charge < -0.3 is 54.0 Å². The maximum absolute atomic E-state index is 14.2. The number of amides is 2. The molecular formula is C45H55N3O15S. The first kappa shape index (κ1) is 46.1. The van der Waals surface area contributed by atoms with Gasteiger partial charge in [-0.05, 0) is 25.8 Å². The van der Waals surface area contributed by atoms with Crippen LogP contribution in [-0.4, -0.2) is 161 Å². The minimum Gasteiger partial charge on any atom is -0.507 e. The number of phenols is 2. The molecule has 64 heavy (non-hydrogen) atoms. The summed E-state index contributed by atoms with van der Waals surface area (Å²) in [6, 6.07) is 4.19. The molecule has 2 aromatic rings. The number of aliphatic hydroxyl groups is 1. The smallest absolute Gasteiger partial charge is 0.252 e. The van der Waals surface area contributed by atoms with Crippen molar-refractivity contribution in [3.8, 4) is 17.2 Å². The van der Waals surface area contributed by atoms with E-state index in [0.29, 0.717) is 51.3 Å². The van der Waals surface area contributed by atoms with Crippen molar-refractivity contribution in [2.24, 2.45) is 5.92 Å². The van der Waals surface area contributed by atoms with Crippen molar-refractivity contribution in [1.82, 2.24) is 15.1 Å². The number of nitrogens with one attached hydrogen (secondary N) is 1. The Morgan fingerprint density at radius 1 is 1.00 bits per heavy atom. The number of likely N-dealkylation sites (tertiary alicyclic amines) is 1. The highest BCUT2D eigenvalue weighted by Crippen LogP contribution is 2.53. The summed E-state index contributed by atoms with van der Waals surface area (Å²) in [6.07, 6.45) is -3.51. The number of carbonyl (C=O) groups is 6. The number of benzene rings is 2. The molecule has 19 heteroatoms. The van der Waals surface area contributed by atoms with Crippen molar-refractivity contribution in [1.29, 1.82) is 0 Å². The van der Waals surface area contributed by atoms with Crippen LogP contribution in [0.3, 0.4) is 0 Å². The zero-order valence-electron chi connectivity index (χ0n) is 36.3. The standard InChI is InChI=1S/C45H55N3O15S/c1-5-28(50)23-9-12-47(13-10-23)31(51)21-64-16-11-24(49)20-46-44(56)45(57)18-26-34(40(55)36-35(38(26)53)37(52)25-7-6-8-29(58-3)33(25)39(36)54)30(19-45)62-32-17-27-41(22(2)61-32)63-42-43(59-4)60-15-14-48(27)42/h6-8,22-23,27,30,32,41-43,53,55,57H,5,9-21H2,1-4H3,(H,46,56)/t22-,27-,30-,32-,41+,42+,43-,45-/m0/s1. The molecule has 0 bridgehead atoms. The molecule has 4 aliphatic heterocycles. The van der Waals surface area contributed by atoms with E-state index in [1.165, 1.54) is 44.2 Å². The number of methoxy groups -OCH3 is 2. The minimum atomic E-state index is -2.35. The second-order valence-corrected chi connectivity index (χ2v) is 18.3. The number of fused-ring (bicyclic) bond motifs is 6. The van der Waals surface area contributed by atoms with Gasteiger partial charge in [0, 0.05) is 93.3 Å². The number of Topliss-reactive ketones (excluding diaryl/α,β-unsaturated/α-hetero) is 2. The molecule has 4 heterocycles. The SMILES string of the molecule is CCC(=O)C1CCN(C(=O)CSCCC(=O)CNC(=O)[C@]2(O)Cc3c(O)c4c(c(O)c3[C@@H](O[C@H]3C[C@H]5[C@H](O[C@@H]6[C@@H](OC)OCCN65)[C@H](C)O3)C2)C(=O)c2c(OC)cccc2C4=O)CC1. The quantitative estimate of drug-likeness (QED) is 0.134. The largest absolute Gasteiger partial charge is 0.507 e.